The topological polar surface area (TPSA) is 57.0 Å². The summed E-state index contributed by atoms with van der Waals surface area (Å²) in [6.45, 7) is 1.64. The molecular weight excluding hydrogens is 214 g/mol. The Balaban J connectivity index is 2.96. The largest absolute Gasteiger partial charge is 0.326 e. The molecule has 1 unspecified atom stereocenters. The summed E-state index contributed by atoms with van der Waals surface area (Å²) in [6.07, 6.45) is 2.90. The van der Waals surface area contributed by atoms with Crippen LogP contribution in [0.3, 0.4) is 0 Å². The molecule has 0 aliphatic heterocycles. The Kier molecular flexibility index (Phi) is 3.64. The van der Waals surface area contributed by atoms with E-state index in [0.29, 0.717) is 10.6 Å². The predicted octanol–water partition coefficient (Wildman–Crippen LogP) is 1.72. The van der Waals surface area contributed by atoms with Crippen molar-refractivity contribution >= 4 is 17.5 Å². The molecule has 1 heterocycles. The molecule has 0 saturated carbocycles. The highest BCUT2D eigenvalue weighted by molar-refractivity contribution is 6.33. The molecule has 0 aliphatic rings. The first kappa shape index (κ1) is 11.5. The molecular formula is C10H10ClN3O. The van der Waals surface area contributed by atoms with E-state index in [4.69, 9.17) is 16.9 Å². The lowest BCUT2D eigenvalue weighted by molar-refractivity contribution is 0.0773. The van der Waals surface area contributed by atoms with E-state index in [9.17, 15) is 4.79 Å². The minimum atomic E-state index is -0.492. The number of pyridine rings is 1. The normalized spacial score (nSPS) is 11.6. The molecule has 0 N–H and O–H groups in total. The SMILES string of the molecule is CC(C#N)N(C)C(=O)c1cnccc1Cl. The Hall–Kier alpha value is -1.60. The molecule has 15 heavy (non-hydrogen) atoms. The average molecular weight is 224 g/mol. The van der Waals surface area contributed by atoms with E-state index >= 15 is 0 Å². The van der Waals surface area contributed by atoms with Gasteiger partial charge < -0.3 is 4.90 Å². The van der Waals surface area contributed by atoms with Gasteiger partial charge in [-0.3, -0.25) is 9.78 Å². The van der Waals surface area contributed by atoms with Crippen molar-refractivity contribution in [2.24, 2.45) is 0 Å². The summed E-state index contributed by atoms with van der Waals surface area (Å²) >= 11 is 5.84. The minimum absolute atomic E-state index is 0.304. The molecule has 5 heteroatoms. The summed E-state index contributed by atoms with van der Waals surface area (Å²) in [7, 11) is 1.56. The number of hydrogen-bond donors (Lipinski definition) is 0. The molecule has 1 atom stereocenters. The number of nitrogens with zero attached hydrogens (tertiary/aromatic N) is 3. The second-order valence-corrected chi connectivity index (χ2v) is 3.48. The van der Waals surface area contributed by atoms with Crippen LogP contribution in [0, 0.1) is 11.3 Å². The number of carbonyl (C=O) groups excluding carboxylic acids is 1. The molecule has 0 aliphatic carbocycles. The van der Waals surface area contributed by atoms with Gasteiger partial charge in [-0.1, -0.05) is 11.6 Å². The summed E-state index contributed by atoms with van der Waals surface area (Å²) in [5.74, 6) is -0.304. The van der Waals surface area contributed by atoms with Crippen molar-refractivity contribution in [1.82, 2.24) is 9.88 Å². The molecule has 0 bridgehead atoms. The third-order valence-electron chi connectivity index (χ3n) is 2.09. The van der Waals surface area contributed by atoms with Crippen molar-refractivity contribution in [3.05, 3.63) is 29.0 Å². The molecule has 0 spiro atoms. The van der Waals surface area contributed by atoms with Gasteiger partial charge in [0.2, 0.25) is 0 Å². The second kappa shape index (κ2) is 4.76. The van der Waals surface area contributed by atoms with Crippen molar-refractivity contribution in [1.29, 1.82) is 5.26 Å². The van der Waals surface area contributed by atoms with Crippen molar-refractivity contribution in [2.45, 2.75) is 13.0 Å². The number of hydrogen-bond acceptors (Lipinski definition) is 3. The number of amides is 1. The Morgan fingerprint density at radius 1 is 1.73 bits per heavy atom. The minimum Gasteiger partial charge on any atom is -0.326 e. The standard InChI is InChI=1S/C10H10ClN3O/c1-7(5-12)14(2)10(15)8-6-13-4-3-9(8)11/h3-4,6-7H,1-2H3. The molecule has 0 radical (unpaired) electrons. The number of carbonyl (C=O) groups is 1. The Morgan fingerprint density at radius 2 is 2.40 bits per heavy atom. The van der Waals surface area contributed by atoms with Gasteiger partial charge in [-0.25, -0.2) is 0 Å². The zero-order valence-electron chi connectivity index (χ0n) is 8.44. The second-order valence-electron chi connectivity index (χ2n) is 3.08. The lowest BCUT2D eigenvalue weighted by Gasteiger charge is -2.19. The van der Waals surface area contributed by atoms with Crippen LogP contribution in [0.2, 0.25) is 5.02 Å². The number of rotatable bonds is 2. The van der Waals surface area contributed by atoms with E-state index in [1.807, 2.05) is 6.07 Å². The summed E-state index contributed by atoms with van der Waals surface area (Å²) in [5, 5.41) is 9.02. The zero-order chi connectivity index (χ0) is 11.4. The Labute approximate surface area is 93.1 Å². The smallest absolute Gasteiger partial charge is 0.257 e. The van der Waals surface area contributed by atoms with E-state index in [-0.39, 0.29) is 5.91 Å². The van der Waals surface area contributed by atoms with Crippen molar-refractivity contribution in [3.63, 3.8) is 0 Å². The third kappa shape index (κ3) is 2.45. The van der Waals surface area contributed by atoms with Crippen LogP contribution in [0.5, 0.6) is 0 Å². The maximum Gasteiger partial charge on any atom is 0.257 e. The maximum atomic E-state index is 11.8. The number of aromatic nitrogens is 1. The molecule has 1 aromatic rings. The van der Waals surface area contributed by atoms with Gasteiger partial charge >= 0.3 is 0 Å². The van der Waals surface area contributed by atoms with Crippen molar-refractivity contribution < 1.29 is 4.79 Å². The van der Waals surface area contributed by atoms with E-state index in [1.54, 1.807) is 20.0 Å². The first-order chi connectivity index (χ1) is 7.07. The quantitative estimate of drug-likeness (QED) is 0.767. The Bertz CT molecular complexity index is 413. The molecule has 1 rings (SSSR count). The van der Waals surface area contributed by atoms with Gasteiger partial charge in [0.25, 0.3) is 5.91 Å². The first-order valence-corrected chi connectivity index (χ1v) is 4.72. The van der Waals surface area contributed by atoms with Crippen molar-refractivity contribution in [2.75, 3.05) is 7.05 Å². The zero-order valence-corrected chi connectivity index (χ0v) is 9.19. The van der Waals surface area contributed by atoms with Gasteiger partial charge in [0.05, 0.1) is 16.7 Å². The van der Waals surface area contributed by atoms with Crippen LogP contribution in [0.15, 0.2) is 18.5 Å². The van der Waals surface area contributed by atoms with E-state index in [2.05, 4.69) is 4.98 Å². The van der Waals surface area contributed by atoms with Gasteiger partial charge in [-0.15, -0.1) is 0 Å². The number of nitriles is 1. The fourth-order valence-corrected chi connectivity index (χ4v) is 1.17. The highest BCUT2D eigenvalue weighted by atomic mass is 35.5. The van der Waals surface area contributed by atoms with E-state index in [0.717, 1.165) is 0 Å². The van der Waals surface area contributed by atoms with Crippen LogP contribution in [0.1, 0.15) is 17.3 Å². The summed E-state index contributed by atoms with van der Waals surface area (Å²) in [5.41, 5.74) is 0.309. The van der Waals surface area contributed by atoms with Gasteiger partial charge in [0.15, 0.2) is 0 Å². The third-order valence-corrected chi connectivity index (χ3v) is 2.42. The van der Waals surface area contributed by atoms with Crippen LogP contribution < -0.4 is 0 Å². The van der Waals surface area contributed by atoms with Gasteiger partial charge in [0.1, 0.15) is 6.04 Å². The molecule has 78 valence electrons. The number of halogens is 1. The summed E-state index contributed by atoms with van der Waals surface area (Å²) in [4.78, 5) is 17.0. The molecule has 1 amide bonds. The average Bonchev–Trinajstić information content (AvgIpc) is 2.26. The highest BCUT2D eigenvalue weighted by Gasteiger charge is 2.19. The fourth-order valence-electron chi connectivity index (χ4n) is 0.987. The van der Waals surface area contributed by atoms with E-state index < -0.39 is 6.04 Å². The molecule has 1 aromatic heterocycles. The fraction of sp³-hybridized carbons (Fsp3) is 0.300. The molecule has 4 nitrogen and oxygen atoms in total. The van der Waals surface area contributed by atoms with Crippen LogP contribution in [0.25, 0.3) is 0 Å². The maximum absolute atomic E-state index is 11.8. The van der Waals surface area contributed by atoms with Gasteiger partial charge in [0, 0.05) is 19.4 Å². The van der Waals surface area contributed by atoms with Gasteiger partial charge in [-0.05, 0) is 13.0 Å². The van der Waals surface area contributed by atoms with E-state index in [1.165, 1.54) is 17.3 Å². The van der Waals surface area contributed by atoms with Crippen LogP contribution in [-0.4, -0.2) is 28.9 Å². The lowest BCUT2D eigenvalue weighted by atomic mass is 10.2. The molecule has 0 aromatic carbocycles. The van der Waals surface area contributed by atoms with Crippen LogP contribution >= 0.6 is 11.6 Å². The van der Waals surface area contributed by atoms with Crippen LogP contribution in [-0.2, 0) is 0 Å². The summed E-state index contributed by atoms with van der Waals surface area (Å²) < 4.78 is 0. The van der Waals surface area contributed by atoms with Crippen molar-refractivity contribution in [3.8, 4) is 6.07 Å². The molecule has 0 fully saturated rings. The highest BCUT2D eigenvalue weighted by Crippen LogP contribution is 2.16. The monoisotopic (exact) mass is 223 g/mol. The van der Waals surface area contributed by atoms with Crippen LogP contribution in [0.4, 0.5) is 0 Å². The summed E-state index contributed by atoms with van der Waals surface area (Å²) in [6, 6.07) is 3.03. The predicted molar refractivity (Wildman–Crippen MR) is 56.4 cm³/mol. The van der Waals surface area contributed by atoms with Gasteiger partial charge in [-0.2, -0.15) is 5.26 Å². The first-order valence-electron chi connectivity index (χ1n) is 4.34. The Morgan fingerprint density at radius 3 is 2.93 bits per heavy atom. The molecule has 0 saturated heterocycles. The lowest BCUT2D eigenvalue weighted by Crippen LogP contribution is -2.34.